The fourth-order valence-electron chi connectivity index (χ4n) is 2.51. The fraction of sp³-hybridized carbons (Fsp3) is 0.200. The molecule has 0 unspecified atom stereocenters. The second-order valence-corrected chi connectivity index (χ2v) is 6.58. The van der Waals surface area contributed by atoms with Crippen LogP contribution in [0.1, 0.15) is 54.3 Å². The van der Waals surface area contributed by atoms with Crippen LogP contribution in [-0.2, 0) is 0 Å². The van der Waals surface area contributed by atoms with Crippen LogP contribution in [0.3, 0.4) is 0 Å². The Balaban J connectivity index is 1.92. The standard InChI is InChI=1S/C20H16Cl2O6/c21-17-5-13(9-23)19(14(6-17)10-24)27-3-1-2-4-28-20-15(11-25)7-18(22)8-16(20)12-26/h5-12H,1-4H2. The van der Waals surface area contributed by atoms with Gasteiger partial charge in [-0.25, -0.2) is 0 Å². The van der Waals surface area contributed by atoms with Gasteiger partial charge >= 0.3 is 0 Å². The van der Waals surface area contributed by atoms with E-state index in [0.717, 1.165) is 0 Å². The lowest BCUT2D eigenvalue weighted by Gasteiger charge is -2.13. The number of halogens is 2. The van der Waals surface area contributed by atoms with E-state index in [1.54, 1.807) is 0 Å². The van der Waals surface area contributed by atoms with Crippen molar-refractivity contribution in [3.63, 3.8) is 0 Å². The molecule has 2 aromatic carbocycles. The number of hydrogen-bond donors (Lipinski definition) is 0. The first-order valence-corrected chi connectivity index (χ1v) is 9.03. The maximum Gasteiger partial charge on any atom is 0.153 e. The van der Waals surface area contributed by atoms with Gasteiger partial charge in [-0.15, -0.1) is 0 Å². The molecular weight excluding hydrogens is 407 g/mol. The average Bonchev–Trinajstić information content (AvgIpc) is 2.70. The lowest BCUT2D eigenvalue weighted by atomic mass is 10.1. The summed E-state index contributed by atoms with van der Waals surface area (Å²) in [6.45, 7) is 0.461. The van der Waals surface area contributed by atoms with E-state index in [9.17, 15) is 19.2 Å². The Hall–Kier alpha value is -2.70. The largest absolute Gasteiger partial charge is 0.492 e. The van der Waals surface area contributed by atoms with E-state index in [1.165, 1.54) is 24.3 Å². The van der Waals surface area contributed by atoms with Gasteiger partial charge in [0.15, 0.2) is 25.1 Å². The summed E-state index contributed by atoms with van der Waals surface area (Å²) in [6, 6.07) is 5.68. The van der Waals surface area contributed by atoms with Gasteiger partial charge in [0.25, 0.3) is 0 Å². The molecule has 2 aromatic rings. The van der Waals surface area contributed by atoms with Crippen LogP contribution in [-0.4, -0.2) is 38.4 Å². The van der Waals surface area contributed by atoms with Crippen LogP contribution >= 0.6 is 23.2 Å². The molecule has 2 rings (SSSR count). The Kier molecular flexibility index (Phi) is 8.17. The molecule has 0 aliphatic carbocycles. The minimum Gasteiger partial charge on any atom is -0.492 e. The van der Waals surface area contributed by atoms with Crippen molar-refractivity contribution in [3.05, 3.63) is 56.6 Å². The zero-order chi connectivity index (χ0) is 20.5. The third-order valence-electron chi connectivity index (χ3n) is 3.76. The van der Waals surface area contributed by atoms with E-state index in [2.05, 4.69) is 0 Å². The summed E-state index contributed by atoms with van der Waals surface area (Å²) in [4.78, 5) is 44.6. The van der Waals surface area contributed by atoms with Gasteiger partial charge in [0.1, 0.15) is 11.5 Å². The molecule has 0 spiro atoms. The fourth-order valence-corrected chi connectivity index (χ4v) is 2.98. The summed E-state index contributed by atoms with van der Waals surface area (Å²) in [5.41, 5.74) is 0.771. The molecule has 0 saturated carbocycles. The highest BCUT2D eigenvalue weighted by atomic mass is 35.5. The van der Waals surface area contributed by atoms with Gasteiger partial charge in [-0.05, 0) is 37.1 Å². The predicted molar refractivity (Wildman–Crippen MR) is 105 cm³/mol. The molecule has 0 radical (unpaired) electrons. The van der Waals surface area contributed by atoms with Gasteiger partial charge < -0.3 is 9.47 Å². The molecule has 0 aliphatic heterocycles. The zero-order valence-corrected chi connectivity index (χ0v) is 16.2. The molecule has 0 bridgehead atoms. The molecule has 0 saturated heterocycles. The summed E-state index contributed by atoms with van der Waals surface area (Å²) in [7, 11) is 0. The Bertz CT molecular complexity index is 763. The molecule has 0 atom stereocenters. The molecule has 0 heterocycles. The first kappa shape index (κ1) is 21.6. The van der Waals surface area contributed by atoms with E-state index >= 15 is 0 Å². The summed E-state index contributed by atoms with van der Waals surface area (Å²) in [5.74, 6) is 0.360. The number of rotatable bonds is 11. The second kappa shape index (κ2) is 10.6. The first-order valence-electron chi connectivity index (χ1n) is 8.27. The van der Waals surface area contributed by atoms with Gasteiger partial charge in [0.05, 0.1) is 35.5 Å². The Morgan fingerprint density at radius 3 is 1.14 bits per heavy atom. The van der Waals surface area contributed by atoms with Crippen LogP contribution in [0.25, 0.3) is 0 Å². The van der Waals surface area contributed by atoms with Gasteiger partial charge in [0, 0.05) is 10.0 Å². The number of benzene rings is 2. The van der Waals surface area contributed by atoms with Crippen molar-refractivity contribution in [2.24, 2.45) is 0 Å². The quantitative estimate of drug-likeness (QED) is 0.391. The van der Waals surface area contributed by atoms with Gasteiger partial charge in [-0.2, -0.15) is 0 Å². The number of aldehydes is 4. The molecule has 146 valence electrons. The van der Waals surface area contributed by atoms with E-state index in [0.29, 0.717) is 38.0 Å². The van der Waals surface area contributed by atoms with E-state index in [-0.39, 0.29) is 57.0 Å². The van der Waals surface area contributed by atoms with Gasteiger partial charge in [-0.3, -0.25) is 19.2 Å². The number of carbonyl (C=O) groups is 4. The molecular formula is C20H16Cl2O6. The summed E-state index contributed by atoms with van der Waals surface area (Å²) in [5, 5.41) is 0.537. The van der Waals surface area contributed by atoms with Crippen LogP contribution < -0.4 is 9.47 Å². The monoisotopic (exact) mass is 422 g/mol. The molecule has 0 N–H and O–H groups in total. The number of ether oxygens (including phenoxy) is 2. The van der Waals surface area contributed by atoms with Crippen molar-refractivity contribution in [1.82, 2.24) is 0 Å². The molecule has 8 heteroatoms. The van der Waals surface area contributed by atoms with Crippen LogP contribution in [0.2, 0.25) is 10.0 Å². The topological polar surface area (TPSA) is 86.7 Å². The molecule has 0 aliphatic rings. The maximum atomic E-state index is 11.1. The minimum absolute atomic E-state index is 0.180. The lowest BCUT2D eigenvalue weighted by molar-refractivity contribution is 0.110. The predicted octanol–water partition coefficient (Wildman–Crippen LogP) is 4.48. The summed E-state index contributed by atoms with van der Waals surface area (Å²) in [6.07, 6.45) is 3.36. The van der Waals surface area contributed by atoms with Crippen molar-refractivity contribution >= 4 is 48.3 Å². The molecule has 0 aromatic heterocycles. The Morgan fingerprint density at radius 2 is 0.893 bits per heavy atom. The van der Waals surface area contributed by atoms with Crippen LogP contribution in [0, 0.1) is 0 Å². The zero-order valence-electron chi connectivity index (χ0n) is 14.7. The first-order chi connectivity index (χ1) is 13.5. The van der Waals surface area contributed by atoms with E-state index in [1.807, 2.05) is 0 Å². The molecule has 0 fully saturated rings. The summed E-state index contributed by atoms with van der Waals surface area (Å²) < 4.78 is 11.1. The van der Waals surface area contributed by atoms with Crippen molar-refractivity contribution in [2.45, 2.75) is 12.8 Å². The Morgan fingerprint density at radius 1 is 0.607 bits per heavy atom. The number of carbonyl (C=O) groups excluding carboxylic acids is 4. The van der Waals surface area contributed by atoms with Crippen molar-refractivity contribution < 1.29 is 28.7 Å². The SMILES string of the molecule is O=Cc1cc(Cl)cc(C=O)c1OCCCCOc1c(C=O)cc(Cl)cc1C=O. The van der Waals surface area contributed by atoms with Crippen molar-refractivity contribution in [1.29, 1.82) is 0 Å². The number of unbranched alkanes of at least 4 members (excludes halogenated alkanes) is 1. The van der Waals surface area contributed by atoms with Crippen molar-refractivity contribution in [3.8, 4) is 11.5 Å². The van der Waals surface area contributed by atoms with Crippen LogP contribution in [0.15, 0.2) is 24.3 Å². The maximum absolute atomic E-state index is 11.1. The van der Waals surface area contributed by atoms with Crippen molar-refractivity contribution in [2.75, 3.05) is 13.2 Å². The van der Waals surface area contributed by atoms with E-state index < -0.39 is 0 Å². The lowest BCUT2D eigenvalue weighted by Crippen LogP contribution is -2.07. The molecule has 6 nitrogen and oxygen atoms in total. The molecule has 0 amide bonds. The normalized spacial score (nSPS) is 10.2. The average molecular weight is 423 g/mol. The minimum atomic E-state index is 0.180. The highest BCUT2D eigenvalue weighted by molar-refractivity contribution is 6.31. The highest BCUT2D eigenvalue weighted by Crippen LogP contribution is 2.27. The highest BCUT2D eigenvalue weighted by Gasteiger charge is 2.13. The second-order valence-electron chi connectivity index (χ2n) is 5.70. The van der Waals surface area contributed by atoms with E-state index in [4.69, 9.17) is 32.7 Å². The van der Waals surface area contributed by atoms with Crippen LogP contribution in [0.4, 0.5) is 0 Å². The smallest absolute Gasteiger partial charge is 0.153 e. The van der Waals surface area contributed by atoms with Crippen LogP contribution in [0.5, 0.6) is 11.5 Å². The van der Waals surface area contributed by atoms with Gasteiger partial charge in [0.2, 0.25) is 0 Å². The third kappa shape index (κ3) is 5.41. The summed E-state index contributed by atoms with van der Waals surface area (Å²) >= 11 is 11.7. The third-order valence-corrected chi connectivity index (χ3v) is 4.20. The number of hydrogen-bond acceptors (Lipinski definition) is 6. The Labute approximate surface area is 171 Å². The van der Waals surface area contributed by atoms with Gasteiger partial charge in [-0.1, -0.05) is 23.2 Å². The molecule has 28 heavy (non-hydrogen) atoms.